The molecule has 1 aromatic carbocycles. The van der Waals surface area contributed by atoms with E-state index in [1.54, 1.807) is 0 Å². The first-order valence-corrected chi connectivity index (χ1v) is 7.15. The highest BCUT2D eigenvalue weighted by atomic mass is 16.2. The van der Waals surface area contributed by atoms with Crippen LogP contribution in [0.5, 0.6) is 0 Å². The van der Waals surface area contributed by atoms with Gasteiger partial charge in [-0.15, -0.1) is 0 Å². The molecule has 1 atom stereocenters. The topological polar surface area (TPSA) is 35.6 Å². The molecular formula is C15H21N3O. The summed E-state index contributed by atoms with van der Waals surface area (Å²) in [5.74, 6) is 0. The molecule has 1 N–H and O–H groups in total. The summed E-state index contributed by atoms with van der Waals surface area (Å²) in [6.45, 7) is 4.50. The van der Waals surface area contributed by atoms with Crippen LogP contribution in [0.3, 0.4) is 0 Å². The highest BCUT2D eigenvalue weighted by molar-refractivity contribution is 5.77. The quantitative estimate of drug-likeness (QED) is 0.896. The van der Waals surface area contributed by atoms with Gasteiger partial charge in [-0.3, -0.25) is 0 Å². The number of carbonyl (C=O) groups excluding carboxylic acids is 1. The third kappa shape index (κ3) is 2.73. The fourth-order valence-electron chi connectivity index (χ4n) is 2.99. The lowest BCUT2D eigenvalue weighted by Gasteiger charge is -2.31. The van der Waals surface area contributed by atoms with Crippen LogP contribution in [0, 0.1) is 0 Å². The molecule has 2 aliphatic heterocycles. The van der Waals surface area contributed by atoms with Crippen LogP contribution < -0.4 is 5.32 Å². The van der Waals surface area contributed by atoms with Crippen molar-refractivity contribution >= 4 is 6.03 Å². The molecule has 2 fully saturated rings. The monoisotopic (exact) mass is 259 g/mol. The van der Waals surface area contributed by atoms with Crippen molar-refractivity contribution in [2.24, 2.45) is 0 Å². The molecule has 2 heterocycles. The third-order valence-corrected chi connectivity index (χ3v) is 4.05. The zero-order chi connectivity index (χ0) is 13.1. The Labute approximate surface area is 114 Å². The molecule has 1 unspecified atom stereocenters. The van der Waals surface area contributed by atoms with E-state index in [1.807, 2.05) is 23.1 Å². The van der Waals surface area contributed by atoms with Gasteiger partial charge in [-0.05, 0) is 24.9 Å². The second-order valence-electron chi connectivity index (χ2n) is 5.38. The molecule has 2 saturated heterocycles. The highest BCUT2D eigenvalue weighted by Crippen LogP contribution is 2.19. The van der Waals surface area contributed by atoms with Gasteiger partial charge in [-0.2, -0.15) is 0 Å². The standard InChI is InChI=1S/C15H21N3O/c19-15-17(12-13-5-2-1-3-6-13)9-10-18(15)14-7-4-8-16-11-14/h1-3,5-6,14,16H,4,7-12H2. The van der Waals surface area contributed by atoms with E-state index in [-0.39, 0.29) is 6.03 Å². The smallest absolute Gasteiger partial charge is 0.319 e. The normalized spacial score (nSPS) is 24.0. The molecule has 1 aromatic rings. The molecule has 2 aliphatic rings. The average molecular weight is 259 g/mol. The van der Waals surface area contributed by atoms with Gasteiger partial charge >= 0.3 is 6.03 Å². The molecule has 4 heteroatoms. The molecule has 0 aromatic heterocycles. The number of hydrogen-bond acceptors (Lipinski definition) is 2. The van der Waals surface area contributed by atoms with Gasteiger partial charge in [0.15, 0.2) is 0 Å². The van der Waals surface area contributed by atoms with Crippen LogP contribution in [0.25, 0.3) is 0 Å². The molecule has 2 amide bonds. The summed E-state index contributed by atoms with van der Waals surface area (Å²) in [6.07, 6.45) is 2.31. The lowest BCUT2D eigenvalue weighted by atomic mass is 10.1. The first kappa shape index (κ1) is 12.5. The minimum absolute atomic E-state index is 0.206. The Bertz CT molecular complexity index is 428. The van der Waals surface area contributed by atoms with Crippen molar-refractivity contribution in [2.45, 2.75) is 25.4 Å². The van der Waals surface area contributed by atoms with Gasteiger partial charge in [0.25, 0.3) is 0 Å². The first-order valence-electron chi connectivity index (χ1n) is 7.15. The van der Waals surface area contributed by atoms with Gasteiger partial charge < -0.3 is 15.1 Å². The Morgan fingerprint density at radius 3 is 2.79 bits per heavy atom. The van der Waals surface area contributed by atoms with Gasteiger partial charge in [0.2, 0.25) is 0 Å². The zero-order valence-corrected chi connectivity index (χ0v) is 11.2. The molecule has 0 radical (unpaired) electrons. The van der Waals surface area contributed by atoms with E-state index in [4.69, 9.17) is 0 Å². The number of urea groups is 1. The number of hydrogen-bond donors (Lipinski definition) is 1. The van der Waals surface area contributed by atoms with Crippen LogP contribution in [-0.2, 0) is 6.54 Å². The maximum atomic E-state index is 12.4. The van der Waals surface area contributed by atoms with Crippen molar-refractivity contribution in [1.29, 1.82) is 0 Å². The molecule has 0 spiro atoms. The molecule has 3 rings (SSSR count). The molecule has 102 valence electrons. The zero-order valence-electron chi connectivity index (χ0n) is 11.2. The van der Waals surface area contributed by atoms with Crippen LogP contribution in [0.1, 0.15) is 18.4 Å². The van der Waals surface area contributed by atoms with Crippen molar-refractivity contribution in [3.8, 4) is 0 Å². The van der Waals surface area contributed by atoms with Gasteiger partial charge in [0.05, 0.1) is 0 Å². The number of nitrogens with one attached hydrogen (secondary N) is 1. The summed E-state index contributed by atoms with van der Waals surface area (Å²) < 4.78 is 0. The maximum Gasteiger partial charge on any atom is 0.320 e. The SMILES string of the molecule is O=C1N(Cc2ccccc2)CCN1C1CCCNC1. The molecule has 4 nitrogen and oxygen atoms in total. The van der Waals surface area contributed by atoms with Gasteiger partial charge in [-0.1, -0.05) is 30.3 Å². The summed E-state index contributed by atoms with van der Waals surface area (Å²) in [5, 5.41) is 3.38. The summed E-state index contributed by atoms with van der Waals surface area (Å²) in [4.78, 5) is 16.4. The van der Waals surface area contributed by atoms with E-state index in [2.05, 4.69) is 22.3 Å². The summed E-state index contributed by atoms with van der Waals surface area (Å²) >= 11 is 0. The third-order valence-electron chi connectivity index (χ3n) is 4.05. The predicted molar refractivity (Wildman–Crippen MR) is 74.8 cm³/mol. The number of benzene rings is 1. The van der Waals surface area contributed by atoms with Crippen molar-refractivity contribution in [2.75, 3.05) is 26.2 Å². The van der Waals surface area contributed by atoms with Gasteiger partial charge in [0.1, 0.15) is 0 Å². The number of piperidine rings is 1. The maximum absolute atomic E-state index is 12.4. The predicted octanol–water partition coefficient (Wildman–Crippen LogP) is 1.68. The number of rotatable bonds is 3. The van der Waals surface area contributed by atoms with Crippen LogP contribution in [-0.4, -0.2) is 48.1 Å². The largest absolute Gasteiger partial charge is 0.320 e. The summed E-state index contributed by atoms with van der Waals surface area (Å²) in [5.41, 5.74) is 1.21. The minimum Gasteiger partial charge on any atom is -0.319 e. The first-order chi connectivity index (χ1) is 9.34. The lowest BCUT2D eigenvalue weighted by molar-refractivity contribution is 0.166. The lowest BCUT2D eigenvalue weighted by Crippen LogP contribution is -2.47. The molecular weight excluding hydrogens is 238 g/mol. The molecule has 0 saturated carbocycles. The van der Waals surface area contributed by atoms with E-state index in [1.165, 1.54) is 12.0 Å². The fourth-order valence-corrected chi connectivity index (χ4v) is 2.99. The van der Waals surface area contributed by atoms with E-state index < -0.39 is 0 Å². The Hall–Kier alpha value is -1.55. The minimum atomic E-state index is 0.206. The van der Waals surface area contributed by atoms with E-state index in [0.29, 0.717) is 6.04 Å². The van der Waals surface area contributed by atoms with E-state index in [0.717, 1.165) is 39.1 Å². The van der Waals surface area contributed by atoms with Crippen LogP contribution in [0.15, 0.2) is 30.3 Å². The second-order valence-corrected chi connectivity index (χ2v) is 5.38. The Kier molecular flexibility index (Phi) is 3.69. The number of amides is 2. The van der Waals surface area contributed by atoms with Gasteiger partial charge in [-0.25, -0.2) is 4.79 Å². The summed E-state index contributed by atoms with van der Waals surface area (Å²) in [6, 6.07) is 10.8. The van der Waals surface area contributed by atoms with E-state index in [9.17, 15) is 4.79 Å². The van der Waals surface area contributed by atoms with Crippen LogP contribution in [0.4, 0.5) is 4.79 Å². The van der Waals surface area contributed by atoms with Crippen LogP contribution in [0.2, 0.25) is 0 Å². The molecule has 19 heavy (non-hydrogen) atoms. The number of nitrogens with zero attached hydrogens (tertiary/aromatic N) is 2. The Morgan fingerprint density at radius 2 is 2.05 bits per heavy atom. The Morgan fingerprint density at radius 1 is 1.21 bits per heavy atom. The van der Waals surface area contributed by atoms with Crippen molar-refractivity contribution in [3.05, 3.63) is 35.9 Å². The van der Waals surface area contributed by atoms with Gasteiger partial charge in [0, 0.05) is 32.2 Å². The highest BCUT2D eigenvalue weighted by Gasteiger charge is 2.33. The number of carbonyl (C=O) groups is 1. The fraction of sp³-hybridized carbons (Fsp3) is 0.533. The van der Waals surface area contributed by atoms with E-state index >= 15 is 0 Å². The van der Waals surface area contributed by atoms with Crippen molar-refractivity contribution < 1.29 is 4.79 Å². The molecule has 0 aliphatic carbocycles. The van der Waals surface area contributed by atoms with Crippen LogP contribution >= 0.6 is 0 Å². The Balaban J connectivity index is 1.62. The van der Waals surface area contributed by atoms with Crippen molar-refractivity contribution in [3.63, 3.8) is 0 Å². The summed E-state index contributed by atoms with van der Waals surface area (Å²) in [7, 11) is 0. The average Bonchev–Trinajstić information content (AvgIpc) is 2.82. The molecule has 0 bridgehead atoms. The second kappa shape index (κ2) is 5.61. The van der Waals surface area contributed by atoms with Crippen molar-refractivity contribution in [1.82, 2.24) is 15.1 Å².